The normalized spacial score (nSPS) is 17.5. The quantitative estimate of drug-likeness (QED) is 0.802. The summed E-state index contributed by atoms with van der Waals surface area (Å²) in [6.07, 6.45) is 1.23. The molecule has 5 heteroatoms. The molecule has 2 aromatic rings. The molecule has 1 aliphatic rings. The van der Waals surface area contributed by atoms with Crippen LogP contribution in [-0.4, -0.2) is 41.0 Å². The van der Waals surface area contributed by atoms with Gasteiger partial charge >= 0.3 is 0 Å². The van der Waals surface area contributed by atoms with Gasteiger partial charge in [0, 0.05) is 36.8 Å². The second kappa shape index (κ2) is 7.68. The Hall–Kier alpha value is -0.750. The van der Waals surface area contributed by atoms with E-state index in [1.54, 1.807) is 0 Å². The van der Waals surface area contributed by atoms with Crippen LogP contribution in [0.3, 0.4) is 0 Å². The lowest BCUT2D eigenvalue weighted by molar-refractivity contribution is 0.246. The summed E-state index contributed by atoms with van der Waals surface area (Å²) in [7, 11) is 0. The molecule has 0 unspecified atom stereocenters. The summed E-state index contributed by atoms with van der Waals surface area (Å²) < 4.78 is 1.23. The molecule has 2 aromatic heterocycles. The van der Waals surface area contributed by atoms with Crippen LogP contribution in [0.5, 0.6) is 0 Å². The van der Waals surface area contributed by atoms with Crippen molar-refractivity contribution < 1.29 is 0 Å². The van der Waals surface area contributed by atoms with Crippen molar-refractivity contribution in [3.63, 3.8) is 0 Å². The van der Waals surface area contributed by atoms with Crippen molar-refractivity contribution in [2.24, 2.45) is 0 Å². The van der Waals surface area contributed by atoms with Gasteiger partial charge in [-0.1, -0.05) is 6.07 Å². The van der Waals surface area contributed by atoms with Crippen molar-refractivity contribution in [1.29, 1.82) is 0 Å². The van der Waals surface area contributed by atoms with E-state index in [2.05, 4.69) is 68.0 Å². The van der Waals surface area contributed by atoms with Gasteiger partial charge in [0.2, 0.25) is 0 Å². The standard InChI is InChI=1S/C17H22BrN3S/c1-14-4-2-5-15(19-14)12-20-8-3-9-21(11-10-20)13-16-6-7-17(18)22-16/h2,4-7H,3,8-13H2,1H3. The number of aromatic nitrogens is 1. The topological polar surface area (TPSA) is 19.4 Å². The molecule has 3 heterocycles. The van der Waals surface area contributed by atoms with Crippen LogP contribution in [0.25, 0.3) is 0 Å². The zero-order chi connectivity index (χ0) is 15.4. The minimum atomic E-state index is 0.972. The fourth-order valence-electron chi connectivity index (χ4n) is 2.91. The first-order chi connectivity index (χ1) is 10.7. The SMILES string of the molecule is Cc1cccc(CN2CCCN(Cc3ccc(Br)s3)CC2)n1. The number of pyridine rings is 1. The minimum Gasteiger partial charge on any atom is -0.297 e. The highest BCUT2D eigenvalue weighted by Gasteiger charge is 2.16. The molecule has 0 bridgehead atoms. The van der Waals surface area contributed by atoms with Gasteiger partial charge in [0.15, 0.2) is 0 Å². The van der Waals surface area contributed by atoms with E-state index in [0.29, 0.717) is 0 Å². The Morgan fingerprint density at radius 2 is 1.82 bits per heavy atom. The third-order valence-electron chi connectivity index (χ3n) is 4.02. The van der Waals surface area contributed by atoms with Gasteiger partial charge in [-0.2, -0.15) is 0 Å². The molecule has 1 fully saturated rings. The smallest absolute Gasteiger partial charge is 0.0701 e. The third kappa shape index (κ3) is 4.62. The van der Waals surface area contributed by atoms with Crippen LogP contribution in [0.15, 0.2) is 34.1 Å². The molecular formula is C17H22BrN3S. The number of thiophene rings is 1. The molecule has 1 saturated heterocycles. The molecule has 0 N–H and O–H groups in total. The zero-order valence-corrected chi connectivity index (χ0v) is 15.4. The maximum absolute atomic E-state index is 4.63. The van der Waals surface area contributed by atoms with Crippen LogP contribution in [0, 0.1) is 6.92 Å². The average molecular weight is 380 g/mol. The van der Waals surface area contributed by atoms with Crippen LogP contribution in [-0.2, 0) is 13.1 Å². The number of aryl methyl sites for hydroxylation is 1. The van der Waals surface area contributed by atoms with Crippen molar-refractivity contribution in [2.45, 2.75) is 26.4 Å². The highest BCUT2D eigenvalue weighted by Crippen LogP contribution is 2.23. The summed E-state index contributed by atoms with van der Waals surface area (Å²) in [4.78, 5) is 11.2. The van der Waals surface area contributed by atoms with E-state index in [1.807, 2.05) is 11.3 Å². The summed E-state index contributed by atoms with van der Waals surface area (Å²) in [5.74, 6) is 0. The molecule has 0 aliphatic carbocycles. The first kappa shape index (κ1) is 16.1. The van der Waals surface area contributed by atoms with Crippen molar-refractivity contribution in [1.82, 2.24) is 14.8 Å². The van der Waals surface area contributed by atoms with Crippen molar-refractivity contribution in [3.05, 3.63) is 50.4 Å². The van der Waals surface area contributed by atoms with E-state index >= 15 is 0 Å². The molecule has 0 aromatic carbocycles. The Bertz CT molecular complexity index is 613. The second-order valence-corrected chi connectivity index (χ2v) is 8.43. The van der Waals surface area contributed by atoms with Crippen LogP contribution >= 0.6 is 27.3 Å². The third-order valence-corrected chi connectivity index (χ3v) is 5.63. The van der Waals surface area contributed by atoms with Crippen LogP contribution in [0.4, 0.5) is 0 Å². The predicted octanol–water partition coefficient (Wildman–Crippen LogP) is 3.92. The summed E-state index contributed by atoms with van der Waals surface area (Å²) in [6.45, 7) is 8.73. The van der Waals surface area contributed by atoms with Crippen molar-refractivity contribution in [2.75, 3.05) is 26.2 Å². The van der Waals surface area contributed by atoms with Crippen molar-refractivity contribution in [3.8, 4) is 0 Å². The maximum Gasteiger partial charge on any atom is 0.0701 e. The molecule has 3 rings (SSSR count). The molecule has 0 saturated carbocycles. The summed E-state index contributed by atoms with van der Waals surface area (Å²) >= 11 is 5.39. The van der Waals surface area contributed by atoms with Gasteiger partial charge in [-0.05, 0) is 66.6 Å². The molecule has 0 amide bonds. The van der Waals surface area contributed by atoms with Gasteiger partial charge in [-0.15, -0.1) is 11.3 Å². The minimum absolute atomic E-state index is 0.972. The molecule has 118 valence electrons. The van der Waals surface area contributed by atoms with E-state index in [1.165, 1.54) is 33.9 Å². The first-order valence-electron chi connectivity index (χ1n) is 7.80. The Labute approximate surface area is 145 Å². The first-order valence-corrected chi connectivity index (χ1v) is 9.41. The Morgan fingerprint density at radius 3 is 2.50 bits per heavy atom. The van der Waals surface area contributed by atoms with E-state index in [9.17, 15) is 0 Å². The van der Waals surface area contributed by atoms with Crippen molar-refractivity contribution >= 4 is 27.3 Å². The zero-order valence-electron chi connectivity index (χ0n) is 13.0. The lowest BCUT2D eigenvalue weighted by atomic mass is 10.3. The average Bonchev–Trinajstić information content (AvgIpc) is 2.76. The highest BCUT2D eigenvalue weighted by atomic mass is 79.9. The fourth-order valence-corrected chi connectivity index (χ4v) is 4.44. The number of nitrogens with zero attached hydrogens (tertiary/aromatic N) is 3. The summed E-state index contributed by atoms with van der Waals surface area (Å²) in [5.41, 5.74) is 2.30. The molecule has 3 nitrogen and oxygen atoms in total. The highest BCUT2D eigenvalue weighted by molar-refractivity contribution is 9.11. The number of halogens is 1. The van der Waals surface area contributed by atoms with Gasteiger partial charge in [0.05, 0.1) is 9.48 Å². The number of hydrogen-bond acceptors (Lipinski definition) is 4. The summed E-state index contributed by atoms with van der Waals surface area (Å²) in [5, 5.41) is 0. The molecule has 22 heavy (non-hydrogen) atoms. The largest absolute Gasteiger partial charge is 0.297 e. The van der Waals surface area contributed by atoms with Crippen LogP contribution < -0.4 is 0 Å². The Balaban J connectivity index is 1.53. The molecule has 1 aliphatic heterocycles. The van der Waals surface area contributed by atoms with Gasteiger partial charge in [-0.3, -0.25) is 14.8 Å². The lowest BCUT2D eigenvalue weighted by Crippen LogP contribution is -2.30. The van der Waals surface area contributed by atoms with Crippen LogP contribution in [0.2, 0.25) is 0 Å². The molecular weight excluding hydrogens is 358 g/mol. The number of rotatable bonds is 4. The van der Waals surface area contributed by atoms with E-state index in [4.69, 9.17) is 0 Å². The molecule has 0 spiro atoms. The van der Waals surface area contributed by atoms with Gasteiger partial charge in [0.1, 0.15) is 0 Å². The molecule has 0 radical (unpaired) electrons. The van der Waals surface area contributed by atoms with E-state index in [0.717, 1.165) is 31.9 Å². The predicted molar refractivity (Wildman–Crippen MR) is 96.2 cm³/mol. The lowest BCUT2D eigenvalue weighted by Gasteiger charge is -2.21. The van der Waals surface area contributed by atoms with E-state index in [-0.39, 0.29) is 0 Å². The fraction of sp³-hybridized carbons (Fsp3) is 0.471. The maximum atomic E-state index is 4.63. The Morgan fingerprint density at radius 1 is 1.05 bits per heavy atom. The van der Waals surface area contributed by atoms with Gasteiger partial charge in [-0.25, -0.2) is 0 Å². The Kier molecular flexibility index (Phi) is 5.63. The van der Waals surface area contributed by atoms with Gasteiger partial charge in [0.25, 0.3) is 0 Å². The second-order valence-electron chi connectivity index (χ2n) is 5.88. The van der Waals surface area contributed by atoms with Crippen LogP contribution in [0.1, 0.15) is 22.7 Å². The molecule has 0 atom stereocenters. The monoisotopic (exact) mass is 379 g/mol. The number of hydrogen-bond donors (Lipinski definition) is 0. The van der Waals surface area contributed by atoms with Gasteiger partial charge < -0.3 is 0 Å². The summed E-state index contributed by atoms with van der Waals surface area (Å²) in [6, 6.07) is 10.7. The van der Waals surface area contributed by atoms with E-state index < -0.39 is 0 Å².